The molecule has 0 unspecified atom stereocenters. The first-order valence-electron chi connectivity index (χ1n) is 21.2. The summed E-state index contributed by atoms with van der Waals surface area (Å²) in [5.41, 5.74) is 8.02. The number of hydrogen-bond donors (Lipinski definition) is 6. The van der Waals surface area contributed by atoms with Gasteiger partial charge in [-0.2, -0.15) is 9.97 Å². The van der Waals surface area contributed by atoms with Crippen LogP contribution in [0.15, 0.2) is 101 Å². The van der Waals surface area contributed by atoms with Crippen LogP contribution in [0.2, 0.25) is 0 Å². The molecule has 6 N–H and O–H groups in total. The Balaban J connectivity index is 0.000000157. The summed E-state index contributed by atoms with van der Waals surface area (Å²) in [7, 11) is 0. The fourth-order valence-corrected chi connectivity index (χ4v) is 8.05. The number of fused-ring (bicyclic) bond motifs is 5. The summed E-state index contributed by atoms with van der Waals surface area (Å²) in [5, 5.41) is 12.3. The molecule has 2 aliphatic rings. The maximum absolute atomic E-state index is 14.1. The van der Waals surface area contributed by atoms with E-state index in [0.29, 0.717) is 45.0 Å². The molecule has 0 bridgehead atoms. The second-order valence-electron chi connectivity index (χ2n) is 16.8. The van der Waals surface area contributed by atoms with E-state index in [1.165, 1.54) is 51.2 Å². The lowest BCUT2D eigenvalue weighted by Crippen LogP contribution is -2.27. The number of H-pyrrole nitrogens is 2. The first kappa shape index (κ1) is 41.6. The summed E-state index contributed by atoms with van der Waals surface area (Å²) in [6.45, 7) is 7.11. The molecule has 1 amide bonds. The molecule has 334 valence electrons. The number of imidazole rings is 3. The van der Waals surface area contributed by atoms with Crippen molar-refractivity contribution in [2.45, 2.75) is 52.1 Å². The second kappa shape index (κ2) is 16.6. The predicted octanol–water partition coefficient (Wildman–Crippen LogP) is 7.64. The van der Waals surface area contributed by atoms with Crippen molar-refractivity contribution in [1.29, 1.82) is 0 Å². The summed E-state index contributed by atoms with van der Waals surface area (Å²) >= 11 is 0. The maximum Gasteiger partial charge on any atom is 0.412 e. The number of anilines is 5. The molecule has 5 aromatic heterocycles. The summed E-state index contributed by atoms with van der Waals surface area (Å²) in [6.07, 6.45) is 7.84. The van der Waals surface area contributed by atoms with Crippen molar-refractivity contribution < 1.29 is 18.3 Å². The molecule has 9 aromatic rings. The van der Waals surface area contributed by atoms with E-state index in [1.54, 1.807) is 43.9 Å². The van der Waals surface area contributed by atoms with E-state index < -0.39 is 17.5 Å². The molecule has 11 rings (SSSR count). The Morgan fingerprint density at radius 3 is 1.97 bits per heavy atom. The fraction of sp³-hybridized carbons (Fsp3) is 0.217. The van der Waals surface area contributed by atoms with Crippen molar-refractivity contribution in [1.82, 2.24) is 48.6 Å². The van der Waals surface area contributed by atoms with E-state index in [-0.39, 0.29) is 34.5 Å². The van der Waals surface area contributed by atoms with Crippen molar-refractivity contribution in [2.75, 3.05) is 34.4 Å². The van der Waals surface area contributed by atoms with Crippen LogP contribution >= 0.6 is 0 Å². The lowest BCUT2D eigenvalue weighted by Gasteiger charge is -2.20. The average Bonchev–Trinajstić information content (AvgIpc) is 3.97. The lowest BCUT2D eigenvalue weighted by atomic mass is 10.0. The summed E-state index contributed by atoms with van der Waals surface area (Å²) in [4.78, 5) is 65.4. The Morgan fingerprint density at radius 2 is 1.32 bits per heavy atom. The number of aryl methyl sites for hydroxylation is 2. The number of benzene rings is 4. The van der Waals surface area contributed by atoms with Crippen molar-refractivity contribution in [3.8, 4) is 17.3 Å². The highest BCUT2D eigenvalue weighted by Gasteiger charge is 2.21. The normalized spacial score (nSPS) is 13.3. The molecule has 20 heteroatoms. The minimum Gasteiger partial charge on any atom is -0.444 e. The molecule has 0 radical (unpaired) electrons. The first-order valence-corrected chi connectivity index (χ1v) is 21.2. The van der Waals surface area contributed by atoms with Gasteiger partial charge in [-0.1, -0.05) is 0 Å². The molecule has 0 spiro atoms. The molecule has 0 atom stereocenters. The van der Waals surface area contributed by atoms with Gasteiger partial charge in [0.05, 0.1) is 46.2 Å². The molecule has 4 aromatic carbocycles. The van der Waals surface area contributed by atoms with Gasteiger partial charge in [-0.05, 0) is 124 Å². The van der Waals surface area contributed by atoms with Crippen LogP contribution in [-0.2, 0) is 17.6 Å². The third-order valence-electron chi connectivity index (χ3n) is 11.0. The molecular weight excluding hydrogens is 851 g/mol. The largest absolute Gasteiger partial charge is 0.444 e. The smallest absolute Gasteiger partial charge is 0.412 e. The molecule has 7 heterocycles. The van der Waals surface area contributed by atoms with Crippen LogP contribution in [0, 0.1) is 11.6 Å². The van der Waals surface area contributed by atoms with E-state index in [4.69, 9.17) is 4.74 Å². The minimum atomic E-state index is -0.698. The van der Waals surface area contributed by atoms with Crippen molar-refractivity contribution in [3.63, 3.8) is 0 Å². The lowest BCUT2D eigenvalue weighted by molar-refractivity contribution is 0.0636. The summed E-state index contributed by atoms with van der Waals surface area (Å²) in [5.74, 6) is -0.461. The van der Waals surface area contributed by atoms with Crippen LogP contribution in [0.25, 0.3) is 50.7 Å². The molecule has 0 saturated heterocycles. The van der Waals surface area contributed by atoms with Crippen molar-refractivity contribution >= 4 is 68.2 Å². The maximum atomic E-state index is 14.1. The molecule has 2 aliphatic heterocycles. The highest BCUT2D eigenvalue weighted by atomic mass is 19.1. The molecule has 0 aliphatic carbocycles. The van der Waals surface area contributed by atoms with E-state index in [0.717, 1.165) is 61.4 Å². The molecule has 66 heavy (non-hydrogen) atoms. The van der Waals surface area contributed by atoms with Gasteiger partial charge in [0.25, 0.3) is 0 Å². The zero-order valence-corrected chi connectivity index (χ0v) is 35.9. The first-order chi connectivity index (χ1) is 31.8. The number of nitrogens with one attached hydrogen (secondary N) is 6. The van der Waals surface area contributed by atoms with Gasteiger partial charge in [0.1, 0.15) is 34.6 Å². The topological polar surface area (TPSA) is 219 Å². The molecule has 0 fully saturated rings. The van der Waals surface area contributed by atoms with Gasteiger partial charge >= 0.3 is 17.5 Å². The summed E-state index contributed by atoms with van der Waals surface area (Å²) in [6, 6.07) is 19.9. The highest BCUT2D eigenvalue weighted by Crippen LogP contribution is 2.29. The molecular formula is C46H42F2N14O4. The average molecular weight is 893 g/mol. The van der Waals surface area contributed by atoms with Crippen molar-refractivity contribution in [3.05, 3.63) is 135 Å². The Bertz CT molecular complexity index is 3470. The van der Waals surface area contributed by atoms with Gasteiger partial charge in [-0.3, -0.25) is 9.88 Å². The van der Waals surface area contributed by atoms with E-state index in [1.807, 2.05) is 36.4 Å². The Morgan fingerprint density at radius 1 is 0.712 bits per heavy atom. The Labute approximate surface area is 373 Å². The van der Waals surface area contributed by atoms with Gasteiger partial charge in [0.15, 0.2) is 11.3 Å². The van der Waals surface area contributed by atoms with Crippen molar-refractivity contribution in [2.24, 2.45) is 0 Å². The van der Waals surface area contributed by atoms with Crippen LogP contribution in [-0.4, -0.2) is 73.4 Å². The number of ether oxygens (including phenoxy) is 1. The van der Waals surface area contributed by atoms with Gasteiger partial charge in [0, 0.05) is 30.5 Å². The minimum absolute atomic E-state index is 0.118. The fourth-order valence-electron chi connectivity index (χ4n) is 8.05. The SMILES string of the molecule is CC(C)(C)OC(=O)Nc1ccc(F)cc1Nc1ncc2[nH]c(=O)n(-c3ccc4c(c3)CCCN4)c2n1.O=c1[nH]c2cnc(-n3cnc4ccc(F)cc43)nc2n1-c1ccc2c(c1)CCCN2. The van der Waals surface area contributed by atoms with Crippen LogP contribution in [0.5, 0.6) is 0 Å². The third-order valence-corrected chi connectivity index (χ3v) is 11.0. The summed E-state index contributed by atoms with van der Waals surface area (Å²) < 4.78 is 37.7. The van der Waals surface area contributed by atoms with E-state index in [9.17, 15) is 23.2 Å². The number of halogens is 2. The number of nitrogens with zero attached hydrogens (tertiary/aromatic N) is 8. The van der Waals surface area contributed by atoms with Crippen LogP contribution in [0.3, 0.4) is 0 Å². The third kappa shape index (κ3) is 8.26. The molecule has 18 nitrogen and oxygen atoms in total. The van der Waals surface area contributed by atoms with Gasteiger partial charge in [0.2, 0.25) is 11.9 Å². The zero-order chi connectivity index (χ0) is 45.7. The standard InChI is InChI=1S/C25H26FN7O3.C21H16FN7O/c1-25(2,3)36-24(35)31-18-8-6-15(26)12-19(18)29-22-28-13-20-21(32-22)33(23(34)30-20)16-7-9-17-14(11-16)5-4-10-27-17;22-13-3-5-16-18(9-13)28(11-25-16)20-24-10-17-19(27-20)29(21(30)26-17)14-4-6-15-12(8-14)2-1-7-23-15/h6-9,11-13,27H,4-5,10H2,1-3H3,(H,30,34)(H,31,35)(H,28,29,32);3-6,8-11,23H,1-2,7H2,(H,26,30). The zero-order valence-electron chi connectivity index (χ0n) is 35.9. The number of aromatic nitrogens is 10. The van der Waals surface area contributed by atoms with Crippen LogP contribution < -0.4 is 32.6 Å². The number of rotatable bonds is 6. The monoisotopic (exact) mass is 892 g/mol. The number of aromatic amines is 2. The number of carbonyl (C=O) groups is 1. The number of carbonyl (C=O) groups excluding carboxylic acids is 1. The Hall–Kier alpha value is -8.42. The Kier molecular flexibility index (Phi) is 10.5. The van der Waals surface area contributed by atoms with Crippen LogP contribution in [0.4, 0.5) is 42.3 Å². The predicted molar refractivity (Wildman–Crippen MR) is 247 cm³/mol. The van der Waals surface area contributed by atoms with Gasteiger partial charge in [-0.25, -0.2) is 47.3 Å². The van der Waals surface area contributed by atoms with E-state index in [2.05, 4.69) is 56.2 Å². The number of amides is 1. The number of hydrogen-bond acceptors (Lipinski definition) is 12. The van der Waals surface area contributed by atoms with Gasteiger partial charge < -0.3 is 30.7 Å². The van der Waals surface area contributed by atoms with E-state index >= 15 is 0 Å². The van der Waals surface area contributed by atoms with Gasteiger partial charge in [-0.15, -0.1) is 0 Å². The second-order valence-corrected chi connectivity index (χ2v) is 16.8. The van der Waals surface area contributed by atoms with Crippen LogP contribution in [0.1, 0.15) is 44.7 Å². The molecule has 0 saturated carbocycles. The quantitative estimate of drug-likeness (QED) is 0.0949. The highest BCUT2D eigenvalue weighted by molar-refractivity contribution is 5.90.